The summed E-state index contributed by atoms with van der Waals surface area (Å²) >= 11 is 0. The topological polar surface area (TPSA) is 117 Å². The third-order valence-corrected chi connectivity index (χ3v) is 4.83. The molecule has 1 N–H and O–H groups in total. The first-order valence-corrected chi connectivity index (χ1v) is 9.42. The van der Waals surface area contributed by atoms with Crippen molar-refractivity contribution in [1.29, 1.82) is 0 Å². The lowest BCUT2D eigenvalue weighted by atomic mass is 10.1. The van der Waals surface area contributed by atoms with Crippen LogP contribution < -0.4 is 0 Å². The molecule has 162 valence electrons. The maximum Gasteiger partial charge on any atom is 0.339 e. The van der Waals surface area contributed by atoms with Crippen LogP contribution in [0.3, 0.4) is 0 Å². The summed E-state index contributed by atoms with van der Waals surface area (Å²) in [5.41, 5.74) is 3.07. The summed E-state index contributed by atoms with van der Waals surface area (Å²) in [6.07, 6.45) is 0. The van der Waals surface area contributed by atoms with Crippen LogP contribution >= 0.6 is 0 Å². The summed E-state index contributed by atoms with van der Waals surface area (Å²) in [6, 6.07) is 1.64. The predicted octanol–water partition coefficient (Wildman–Crippen LogP) is 2.44. The van der Waals surface area contributed by atoms with Crippen molar-refractivity contribution >= 4 is 23.7 Å². The van der Waals surface area contributed by atoms with Crippen LogP contribution in [0.2, 0.25) is 0 Å². The fourth-order valence-corrected chi connectivity index (χ4v) is 3.29. The molecule has 2 heterocycles. The number of Topliss-reactive ketones (excluding diaryl/α,β-unsaturated/α-hetero) is 1. The van der Waals surface area contributed by atoms with E-state index in [-0.39, 0.29) is 24.4 Å². The van der Waals surface area contributed by atoms with Crippen molar-refractivity contribution in [3.05, 3.63) is 45.5 Å². The molecule has 0 aliphatic carbocycles. The fourth-order valence-electron chi connectivity index (χ4n) is 3.29. The Morgan fingerprint density at radius 2 is 1.70 bits per heavy atom. The molecule has 0 aliphatic rings. The number of ketones is 1. The molecule has 0 fully saturated rings. The van der Waals surface area contributed by atoms with Crippen LogP contribution in [0.4, 0.5) is 0 Å². The molecular formula is C21H26N2O7. The van der Waals surface area contributed by atoms with Crippen LogP contribution in [0, 0.1) is 27.7 Å². The molecule has 9 nitrogen and oxygen atoms in total. The summed E-state index contributed by atoms with van der Waals surface area (Å²) in [5.74, 6) is -2.10. The highest BCUT2D eigenvalue weighted by Gasteiger charge is 2.24. The van der Waals surface area contributed by atoms with Crippen molar-refractivity contribution in [2.75, 3.05) is 20.3 Å². The van der Waals surface area contributed by atoms with Crippen LogP contribution in [0.5, 0.6) is 0 Å². The Bertz CT molecular complexity index is 998. The van der Waals surface area contributed by atoms with Crippen LogP contribution in [-0.4, -0.2) is 53.6 Å². The van der Waals surface area contributed by atoms with Gasteiger partial charge in [0.05, 0.1) is 30.5 Å². The van der Waals surface area contributed by atoms with E-state index in [9.17, 15) is 19.2 Å². The molecule has 0 bridgehead atoms. The summed E-state index contributed by atoms with van der Waals surface area (Å²) in [5, 5.41) is 0. The number of carbonyl (C=O) groups excluding carboxylic acids is 4. The molecule has 0 saturated heterocycles. The average molecular weight is 418 g/mol. The number of methoxy groups -OCH3 is 1. The van der Waals surface area contributed by atoms with Crippen LogP contribution in [0.1, 0.15) is 60.8 Å². The number of carbonyl (C=O) groups is 4. The lowest BCUT2D eigenvalue weighted by molar-refractivity contribution is -0.143. The summed E-state index contributed by atoms with van der Waals surface area (Å²) in [7, 11) is 1.26. The number of aromatic nitrogens is 2. The molecule has 0 unspecified atom stereocenters. The zero-order valence-corrected chi connectivity index (χ0v) is 18.0. The first-order chi connectivity index (χ1) is 14.1. The van der Waals surface area contributed by atoms with E-state index >= 15 is 0 Å². The number of nitrogens with one attached hydrogen (secondary N) is 1. The SMILES string of the molecule is CCOC(=O)c1cc(C)n(CC(=O)OCC(=O)c2[nH]c(C)c(C(=O)OC)c2C)c1C. The van der Waals surface area contributed by atoms with Gasteiger partial charge in [0, 0.05) is 17.1 Å². The number of aromatic amines is 1. The Morgan fingerprint density at radius 1 is 1.03 bits per heavy atom. The van der Waals surface area contributed by atoms with Crippen LogP contribution in [0.25, 0.3) is 0 Å². The minimum Gasteiger partial charge on any atom is -0.465 e. The van der Waals surface area contributed by atoms with Gasteiger partial charge in [0.1, 0.15) is 6.54 Å². The first kappa shape index (κ1) is 22.9. The van der Waals surface area contributed by atoms with Gasteiger partial charge in [-0.05, 0) is 46.2 Å². The number of hydrogen-bond acceptors (Lipinski definition) is 7. The Kier molecular flexibility index (Phi) is 7.20. The number of H-pyrrole nitrogens is 1. The zero-order valence-electron chi connectivity index (χ0n) is 18.0. The molecule has 0 spiro atoms. The average Bonchev–Trinajstić information content (AvgIpc) is 3.15. The van der Waals surface area contributed by atoms with Crippen molar-refractivity contribution in [3.63, 3.8) is 0 Å². The molecule has 2 rings (SSSR count). The van der Waals surface area contributed by atoms with Gasteiger partial charge < -0.3 is 23.8 Å². The van der Waals surface area contributed by atoms with E-state index < -0.39 is 30.3 Å². The number of hydrogen-bond donors (Lipinski definition) is 1. The monoisotopic (exact) mass is 418 g/mol. The van der Waals surface area contributed by atoms with Gasteiger partial charge in [0.25, 0.3) is 0 Å². The fraction of sp³-hybridized carbons (Fsp3) is 0.429. The molecule has 0 aromatic carbocycles. The van der Waals surface area contributed by atoms with Gasteiger partial charge in [0.15, 0.2) is 6.61 Å². The maximum atomic E-state index is 12.5. The Labute approximate surface area is 174 Å². The van der Waals surface area contributed by atoms with E-state index in [4.69, 9.17) is 14.2 Å². The summed E-state index contributed by atoms with van der Waals surface area (Å²) in [4.78, 5) is 51.4. The van der Waals surface area contributed by atoms with Gasteiger partial charge >= 0.3 is 17.9 Å². The molecule has 2 aromatic heterocycles. The van der Waals surface area contributed by atoms with Gasteiger partial charge in [-0.15, -0.1) is 0 Å². The largest absolute Gasteiger partial charge is 0.465 e. The number of ether oxygens (including phenoxy) is 3. The number of aryl methyl sites for hydroxylation is 2. The highest BCUT2D eigenvalue weighted by molar-refractivity contribution is 6.02. The molecular weight excluding hydrogens is 392 g/mol. The van der Waals surface area contributed by atoms with Gasteiger partial charge in [0.2, 0.25) is 5.78 Å². The van der Waals surface area contributed by atoms with Crippen molar-refractivity contribution in [2.45, 2.75) is 41.2 Å². The molecule has 2 aromatic rings. The van der Waals surface area contributed by atoms with E-state index in [0.29, 0.717) is 28.2 Å². The Balaban J connectivity index is 2.06. The molecule has 30 heavy (non-hydrogen) atoms. The van der Waals surface area contributed by atoms with E-state index in [0.717, 1.165) is 0 Å². The van der Waals surface area contributed by atoms with Crippen molar-refractivity contribution < 1.29 is 33.4 Å². The normalized spacial score (nSPS) is 10.6. The van der Waals surface area contributed by atoms with E-state index in [1.807, 2.05) is 0 Å². The van der Waals surface area contributed by atoms with Gasteiger partial charge in [-0.2, -0.15) is 0 Å². The maximum absolute atomic E-state index is 12.5. The quantitative estimate of drug-likeness (QED) is 0.397. The second-order valence-corrected chi connectivity index (χ2v) is 6.79. The third-order valence-electron chi connectivity index (χ3n) is 4.83. The standard InChI is InChI=1S/C21H26N2O7/c1-7-29-20(26)15-8-11(2)23(14(15)5)9-17(25)30-10-16(24)19-12(3)18(13(4)22-19)21(27)28-6/h8,22H,7,9-10H2,1-6H3. The lowest BCUT2D eigenvalue weighted by Crippen LogP contribution is -2.20. The van der Waals surface area contributed by atoms with Gasteiger partial charge in [-0.1, -0.05) is 0 Å². The molecule has 0 atom stereocenters. The van der Waals surface area contributed by atoms with Crippen molar-refractivity contribution in [1.82, 2.24) is 9.55 Å². The second-order valence-electron chi connectivity index (χ2n) is 6.79. The second kappa shape index (κ2) is 9.43. The van der Waals surface area contributed by atoms with E-state index in [2.05, 4.69) is 4.98 Å². The predicted molar refractivity (Wildman–Crippen MR) is 107 cm³/mol. The van der Waals surface area contributed by atoms with Crippen molar-refractivity contribution in [2.24, 2.45) is 0 Å². The molecule has 0 saturated carbocycles. The first-order valence-electron chi connectivity index (χ1n) is 9.42. The number of nitrogens with zero attached hydrogens (tertiary/aromatic N) is 1. The third kappa shape index (κ3) is 4.61. The Hall–Kier alpha value is -3.36. The van der Waals surface area contributed by atoms with E-state index in [1.54, 1.807) is 45.3 Å². The van der Waals surface area contributed by atoms with Crippen molar-refractivity contribution in [3.8, 4) is 0 Å². The molecule has 0 amide bonds. The number of esters is 3. The molecule has 0 radical (unpaired) electrons. The minimum atomic E-state index is -0.630. The van der Waals surface area contributed by atoms with Gasteiger partial charge in [-0.25, -0.2) is 9.59 Å². The van der Waals surface area contributed by atoms with Gasteiger partial charge in [-0.3, -0.25) is 9.59 Å². The minimum absolute atomic E-state index is 0.152. The highest BCUT2D eigenvalue weighted by atomic mass is 16.5. The zero-order chi connectivity index (χ0) is 22.6. The van der Waals surface area contributed by atoms with Crippen LogP contribution in [-0.2, 0) is 25.5 Å². The van der Waals surface area contributed by atoms with E-state index in [1.165, 1.54) is 7.11 Å². The Morgan fingerprint density at radius 3 is 2.30 bits per heavy atom. The number of rotatable bonds is 8. The van der Waals surface area contributed by atoms with Crippen LogP contribution in [0.15, 0.2) is 6.07 Å². The molecule has 9 heteroatoms. The molecule has 0 aliphatic heterocycles. The summed E-state index contributed by atoms with van der Waals surface area (Å²) < 4.78 is 16.5. The highest BCUT2D eigenvalue weighted by Crippen LogP contribution is 2.20. The lowest BCUT2D eigenvalue weighted by Gasteiger charge is -2.10. The smallest absolute Gasteiger partial charge is 0.339 e. The summed E-state index contributed by atoms with van der Waals surface area (Å²) in [6.45, 7) is 8.07.